The Labute approximate surface area is 146 Å². The minimum Gasteiger partial charge on any atom is -0.490 e. The maximum Gasteiger partial charge on any atom is 0.241 e. The first-order valence-electron chi connectivity index (χ1n) is 8.18. The summed E-state index contributed by atoms with van der Waals surface area (Å²) < 4.78 is 10.9. The van der Waals surface area contributed by atoms with Crippen LogP contribution >= 0.6 is 11.6 Å². The molecule has 3 rings (SSSR count). The molecule has 2 aliphatic rings. The van der Waals surface area contributed by atoms with E-state index in [0.717, 1.165) is 11.4 Å². The van der Waals surface area contributed by atoms with Crippen molar-refractivity contribution in [3.8, 4) is 5.75 Å². The molecule has 1 fully saturated rings. The van der Waals surface area contributed by atoms with E-state index in [9.17, 15) is 9.90 Å². The van der Waals surface area contributed by atoms with Crippen molar-refractivity contribution in [3.05, 3.63) is 23.2 Å². The lowest BCUT2D eigenvalue weighted by atomic mass is 9.94. The van der Waals surface area contributed by atoms with Gasteiger partial charge in [0.1, 0.15) is 12.4 Å². The van der Waals surface area contributed by atoms with E-state index < -0.39 is 5.60 Å². The van der Waals surface area contributed by atoms with Gasteiger partial charge in [0, 0.05) is 44.7 Å². The Morgan fingerprint density at radius 2 is 2.12 bits per heavy atom. The second-order valence-corrected chi connectivity index (χ2v) is 6.91. The second kappa shape index (κ2) is 7.17. The molecule has 132 valence electrons. The third-order valence-electron chi connectivity index (χ3n) is 4.59. The number of carbonyl (C=O) groups is 1. The van der Waals surface area contributed by atoms with Crippen LogP contribution in [0.2, 0.25) is 5.02 Å². The van der Waals surface area contributed by atoms with Crippen molar-refractivity contribution in [1.29, 1.82) is 0 Å². The van der Waals surface area contributed by atoms with Crippen LogP contribution in [0.3, 0.4) is 0 Å². The number of anilines is 1. The van der Waals surface area contributed by atoms with Crippen molar-refractivity contribution in [2.24, 2.45) is 0 Å². The van der Waals surface area contributed by atoms with Gasteiger partial charge < -0.3 is 24.4 Å². The smallest absolute Gasteiger partial charge is 0.241 e. The van der Waals surface area contributed by atoms with Crippen molar-refractivity contribution < 1.29 is 19.4 Å². The number of carbonyl (C=O) groups excluding carboxylic acids is 1. The molecule has 0 aromatic heterocycles. The normalized spacial score (nSPS) is 19.4. The molecule has 0 unspecified atom stereocenters. The molecular weight excluding hydrogens is 332 g/mol. The third kappa shape index (κ3) is 3.94. The van der Waals surface area contributed by atoms with Crippen LogP contribution in [0.5, 0.6) is 5.75 Å². The van der Waals surface area contributed by atoms with E-state index in [2.05, 4.69) is 0 Å². The van der Waals surface area contributed by atoms with E-state index in [4.69, 9.17) is 21.1 Å². The summed E-state index contributed by atoms with van der Waals surface area (Å²) in [5.74, 6) is 0.701. The van der Waals surface area contributed by atoms with Crippen molar-refractivity contribution in [1.82, 2.24) is 4.90 Å². The Bertz CT molecular complexity index is 604. The number of halogens is 1. The molecule has 6 nitrogen and oxygen atoms in total. The van der Waals surface area contributed by atoms with E-state index in [1.165, 1.54) is 0 Å². The van der Waals surface area contributed by atoms with Crippen molar-refractivity contribution in [2.45, 2.75) is 18.4 Å². The molecule has 0 radical (unpaired) electrons. The van der Waals surface area contributed by atoms with Gasteiger partial charge in [-0.25, -0.2) is 0 Å². The maximum absolute atomic E-state index is 12.6. The van der Waals surface area contributed by atoms with Gasteiger partial charge in [0.2, 0.25) is 5.91 Å². The minimum absolute atomic E-state index is 0.0391. The van der Waals surface area contributed by atoms with Crippen molar-refractivity contribution >= 4 is 23.2 Å². The summed E-state index contributed by atoms with van der Waals surface area (Å²) in [4.78, 5) is 16.2. The molecule has 1 aromatic rings. The Morgan fingerprint density at radius 1 is 1.38 bits per heavy atom. The number of aliphatic hydroxyl groups is 1. The fourth-order valence-corrected chi connectivity index (χ4v) is 3.30. The summed E-state index contributed by atoms with van der Waals surface area (Å²) in [6, 6.07) is 5.41. The highest BCUT2D eigenvalue weighted by Crippen LogP contribution is 2.33. The Morgan fingerprint density at radius 3 is 2.88 bits per heavy atom. The van der Waals surface area contributed by atoms with E-state index >= 15 is 0 Å². The van der Waals surface area contributed by atoms with Gasteiger partial charge in [0.15, 0.2) is 0 Å². The number of nitrogens with zero attached hydrogens (tertiary/aromatic N) is 2. The molecule has 1 N–H and O–H groups in total. The molecule has 0 bridgehead atoms. The van der Waals surface area contributed by atoms with E-state index in [1.807, 2.05) is 17.0 Å². The number of fused-ring (bicyclic) bond motifs is 1. The number of benzene rings is 1. The Kier molecular flexibility index (Phi) is 5.18. The molecule has 0 atom stereocenters. The first kappa shape index (κ1) is 17.3. The van der Waals surface area contributed by atoms with E-state index in [-0.39, 0.29) is 12.5 Å². The van der Waals surface area contributed by atoms with Gasteiger partial charge in [-0.1, -0.05) is 11.6 Å². The average Bonchev–Trinajstić information content (AvgIpc) is 2.55. The van der Waals surface area contributed by atoms with Gasteiger partial charge in [-0.2, -0.15) is 0 Å². The number of hydrogen-bond donors (Lipinski definition) is 1. The largest absolute Gasteiger partial charge is 0.490 e. The van der Waals surface area contributed by atoms with E-state index in [1.54, 1.807) is 18.0 Å². The van der Waals surface area contributed by atoms with Gasteiger partial charge >= 0.3 is 0 Å². The molecule has 0 saturated carbocycles. The van der Waals surface area contributed by atoms with Crippen molar-refractivity contribution in [3.63, 3.8) is 0 Å². The highest BCUT2D eigenvalue weighted by Gasteiger charge is 2.33. The minimum atomic E-state index is -0.852. The molecular formula is C17H23ClN2O4. The summed E-state index contributed by atoms with van der Waals surface area (Å²) in [5.41, 5.74) is -0.0187. The zero-order valence-corrected chi connectivity index (χ0v) is 14.6. The molecule has 1 amide bonds. The quantitative estimate of drug-likeness (QED) is 0.888. The van der Waals surface area contributed by atoms with Gasteiger partial charge in [0.25, 0.3) is 0 Å². The first-order valence-corrected chi connectivity index (χ1v) is 8.56. The van der Waals surface area contributed by atoms with Gasteiger partial charge in [0.05, 0.1) is 24.4 Å². The fraction of sp³-hybridized carbons (Fsp3) is 0.588. The Hall–Kier alpha value is -1.50. The lowest BCUT2D eigenvalue weighted by molar-refractivity contribution is -0.135. The highest BCUT2D eigenvalue weighted by atomic mass is 35.5. The van der Waals surface area contributed by atoms with Crippen LogP contribution in [-0.4, -0.2) is 68.0 Å². The van der Waals surface area contributed by atoms with Gasteiger partial charge in [-0.15, -0.1) is 0 Å². The second-order valence-electron chi connectivity index (χ2n) is 6.47. The fourth-order valence-electron chi connectivity index (χ4n) is 3.13. The standard InChI is InChI=1S/C17H23ClN2O4/c1-19(12-17(22)4-7-23-8-5-17)16(21)11-20-6-9-24-15-3-2-13(18)10-14(15)20/h2-3,10,22H,4-9,11-12H2,1H3. The number of hydrogen-bond acceptors (Lipinski definition) is 5. The summed E-state index contributed by atoms with van der Waals surface area (Å²) in [6.45, 7) is 2.79. The summed E-state index contributed by atoms with van der Waals surface area (Å²) in [6.07, 6.45) is 1.11. The van der Waals surface area contributed by atoms with Crippen LogP contribution in [0.4, 0.5) is 5.69 Å². The zero-order chi connectivity index (χ0) is 17.2. The van der Waals surface area contributed by atoms with Gasteiger partial charge in [-0.05, 0) is 18.2 Å². The number of likely N-dealkylation sites (N-methyl/N-ethyl adjacent to an activating group) is 1. The summed E-state index contributed by atoms with van der Waals surface area (Å²) in [5, 5.41) is 11.2. The predicted octanol–water partition coefficient (Wildman–Crippen LogP) is 1.54. The van der Waals surface area contributed by atoms with Crippen LogP contribution in [0.25, 0.3) is 0 Å². The summed E-state index contributed by atoms with van der Waals surface area (Å²) in [7, 11) is 1.73. The summed E-state index contributed by atoms with van der Waals surface area (Å²) >= 11 is 6.07. The number of ether oxygens (including phenoxy) is 2. The van der Waals surface area contributed by atoms with Crippen LogP contribution in [0, 0.1) is 0 Å². The first-order chi connectivity index (χ1) is 11.5. The molecule has 0 aliphatic carbocycles. The maximum atomic E-state index is 12.6. The number of rotatable bonds is 4. The van der Waals surface area contributed by atoms with E-state index in [0.29, 0.717) is 50.8 Å². The van der Waals surface area contributed by atoms with Crippen LogP contribution in [0.1, 0.15) is 12.8 Å². The molecule has 1 saturated heterocycles. The lowest BCUT2D eigenvalue weighted by Crippen LogP contribution is -2.50. The molecule has 2 heterocycles. The van der Waals surface area contributed by atoms with Crippen LogP contribution in [-0.2, 0) is 9.53 Å². The molecule has 0 spiro atoms. The SMILES string of the molecule is CN(CC1(O)CCOCC1)C(=O)CN1CCOc2ccc(Cl)cc21. The van der Waals surface area contributed by atoms with Gasteiger partial charge in [-0.3, -0.25) is 4.79 Å². The number of amides is 1. The molecule has 2 aliphatic heterocycles. The Balaban J connectivity index is 1.64. The monoisotopic (exact) mass is 354 g/mol. The topological polar surface area (TPSA) is 62.2 Å². The van der Waals surface area contributed by atoms with Crippen LogP contribution in [0.15, 0.2) is 18.2 Å². The predicted molar refractivity (Wildman–Crippen MR) is 91.8 cm³/mol. The van der Waals surface area contributed by atoms with Crippen LogP contribution < -0.4 is 9.64 Å². The molecule has 1 aromatic carbocycles. The molecule has 7 heteroatoms. The highest BCUT2D eigenvalue weighted by molar-refractivity contribution is 6.31. The average molecular weight is 355 g/mol. The van der Waals surface area contributed by atoms with Crippen molar-refractivity contribution in [2.75, 3.05) is 51.4 Å². The molecule has 24 heavy (non-hydrogen) atoms. The lowest BCUT2D eigenvalue weighted by Gasteiger charge is -2.37. The zero-order valence-electron chi connectivity index (χ0n) is 13.8. The third-order valence-corrected chi connectivity index (χ3v) is 4.82.